The molecule has 0 aromatic rings. The van der Waals surface area contributed by atoms with E-state index in [4.69, 9.17) is 4.74 Å². The molecule has 23 heavy (non-hydrogen) atoms. The second-order valence-corrected chi connectivity index (χ2v) is 7.57. The van der Waals surface area contributed by atoms with E-state index in [9.17, 15) is 4.79 Å². The van der Waals surface area contributed by atoms with E-state index >= 15 is 0 Å². The van der Waals surface area contributed by atoms with Gasteiger partial charge in [-0.2, -0.15) is 0 Å². The van der Waals surface area contributed by atoms with Gasteiger partial charge in [0.05, 0.1) is 6.10 Å². The van der Waals surface area contributed by atoms with Crippen LogP contribution in [-0.4, -0.2) is 74.2 Å². The molecule has 1 heterocycles. The van der Waals surface area contributed by atoms with Crippen molar-refractivity contribution in [2.75, 3.05) is 40.3 Å². The van der Waals surface area contributed by atoms with Crippen LogP contribution in [0.2, 0.25) is 0 Å². The van der Waals surface area contributed by atoms with Crippen molar-refractivity contribution in [1.29, 1.82) is 0 Å². The third kappa shape index (κ3) is 5.73. The summed E-state index contributed by atoms with van der Waals surface area (Å²) in [5.74, 6) is 0.785. The molecule has 0 bridgehead atoms. The smallest absolute Gasteiger partial charge is 0.249 e. The van der Waals surface area contributed by atoms with Crippen molar-refractivity contribution in [2.45, 2.75) is 64.2 Å². The van der Waals surface area contributed by atoms with Gasteiger partial charge in [-0.3, -0.25) is 9.69 Å². The van der Waals surface area contributed by atoms with Gasteiger partial charge < -0.3 is 15.0 Å². The predicted molar refractivity (Wildman–Crippen MR) is 93.5 cm³/mol. The zero-order valence-corrected chi connectivity index (χ0v) is 15.4. The number of likely N-dealkylation sites (N-methyl/N-ethyl adjacent to an activating group) is 2. The SMILES string of the molecule is CC[C@H](O[C@@H]1CCC[C@@H](C)C1)C(=O)NC[C@@H]1CN(C)CCN1C. The lowest BCUT2D eigenvalue weighted by Crippen LogP contribution is -2.55. The van der Waals surface area contributed by atoms with E-state index in [0.717, 1.165) is 44.8 Å². The number of carbonyl (C=O) groups excluding carboxylic acids is 1. The normalized spacial score (nSPS) is 31.7. The average molecular weight is 325 g/mol. The summed E-state index contributed by atoms with van der Waals surface area (Å²) < 4.78 is 6.12. The van der Waals surface area contributed by atoms with Crippen molar-refractivity contribution in [3.63, 3.8) is 0 Å². The highest BCUT2D eigenvalue weighted by Gasteiger charge is 2.27. The zero-order chi connectivity index (χ0) is 16.8. The topological polar surface area (TPSA) is 44.8 Å². The molecule has 2 rings (SSSR count). The predicted octanol–water partition coefficient (Wildman–Crippen LogP) is 1.72. The molecular weight excluding hydrogens is 290 g/mol. The maximum absolute atomic E-state index is 12.5. The molecule has 1 saturated carbocycles. The molecule has 5 nitrogen and oxygen atoms in total. The summed E-state index contributed by atoms with van der Waals surface area (Å²) in [5.41, 5.74) is 0. The minimum absolute atomic E-state index is 0.0624. The largest absolute Gasteiger partial charge is 0.365 e. The third-order valence-corrected chi connectivity index (χ3v) is 5.40. The number of rotatable bonds is 6. The minimum atomic E-state index is -0.295. The highest BCUT2D eigenvalue weighted by Crippen LogP contribution is 2.27. The molecule has 1 aliphatic carbocycles. The van der Waals surface area contributed by atoms with E-state index in [2.05, 4.69) is 36.1 Å². The molecule has 0 spiro atoms. The van der Waals surface area contributed by atoms with Crippen LogP contribution in [-0.2, 0) is 9.53 Å². The lowest BCUT2D eigenvalue weighted by Gasteiger charge is -2.38. The van der Waals surface area contributed by atoms with Crippen LogP contribution in [0, 0.1) is 5.92 Å². The van der Waals surface area contributed by atoms with Gasteiger partial charge in [-0.25, -0.2) is 0 Å². The Labute approximate surface area is 141 Å². The van der Waals surface area contributed by atoms with Gasteiger partial charge in [0.2, 0.25) is 5.91 Å². The molecule has 5 heteroatoms. The molecule has 1 saturated heterocycles. The van der Waals surface area contributed by atoms with Gasteiger partial charge >= 0.3 is 0 Å². The molecule has 1 amide bonds. The van der Waals surface area contributed by atoms with Gasteiger partial charge in [-0.1, -0.05) is 26.7 Å². The number of ether oxygens (including phenoxy) is 1. The lowest BCUT2D eigenvalue weighted by molar-refractivity contribution is -0.139. The number of nitrogens with one attached hydrogen (secondary N) is 1. The van der Waals surface area contributed by atoms with Gasteiger partial charge in [0.1, 0.15) is 6.10 Å². The van der Waals surface area contributed by atoms with Gasteiger partial charge in [0.25, 0.3) is 0 Å². The number of carbonyl (C=O) groups is 1. The minimum Gasteiger partial charge on any atom is -0.365 e. The Kier molecular flexibility index (Phi) is 7.31. The van der Waals surface area contributed by atoms with E-state index in [1.54, 1.807) is 0 Å². The second-order valence-electron chi connectivity index (χ2n) is 7.57. The van der Waals surface area contributed by atoms with Gasteiger partial charge in [0.15, 0.2) is 0 Å². The molecular formula is C18H35N3O2. The van der Waals surface area contributed by atoms with Crippen molar-refractivity contribution in [3.05, 3.63) is 0 Å². The first-order chi connectivity index (χ1) is 11.0. The highest BCUT2D eigenvalue weighted by molar-refractivity contribution is 5.80. The number of nitrogens with zero attached hydrogens (tertiary/aromatic N) is 2. The van der Waals surface area contributed by atoms with E-state index < -0.39 is 0 Å². The fourth-order valence-electron chi connectivity index (χ4n) is 3.73. The van der Waals surface area contributed by atoms with E-state index in [0.29, 0.717) is 12.6 Å². The summed E-state index contributed by atoms with van der Waals surface area (Å²) in [6.45, 7) is 8.20. The monoisotopic (exact) mass is 325 g/mol. The molecule has 0 aromatic heterocycles. The highest BCUT2D eigenvalue weighted by atomic mass is 16.5. The molecule has 1 aliphatic heterocycles. The number of amides is 1. The fourth-order valence-corrected chi connectivity index (χ4v) is 3.73. The van der Waals surface area contributed by atoms with Crippen LogP contribution in [0.25, 0.3) is 0 Å². The van der Waals surface area contributed by atoms with Gasteiger partial charge in [0, 0.05) is 32.2 Å². The van der Waals surface area contributed by atoms with E-state index in [1.165, 1.54) is 12.8 Å². The van der Waals surface area contributed by atoms with Crippen LogP contribution in [0.4, 0.5) is 0 Å². The third-order valence-electron chi connectivity index (χ3n) is 5.40. The van der Waals surface area contributed by atoms with Crippen molar-refractivity contribution in [2.24, 2.45) is 5.92 Å². The standard InChI is InChI=1S/C18H35N3O2/c1-5-17(23-16-8-6-7-14(2)11-16)18(22)19-12-15-13-20(3)9-10-21(15)4/h14-17H,5-13H2,1-4H3,(H,19,22)/t14-,15-,16-,17+/m1/s1. The first-order valence-corrected chi connectivity index (χ1v) is 9.31. The quantitative estimate of drug-likeness (QED) is 0.808. The Morgan fingerprint density at radius 3 is 2.78 bits per heavy atom. The van der Waals surface area contributed by atoms with Crippen molar-refractivity contribution >= 4 is 5.91 Å². The van der Waals surface area contributed by atoms with E-state index in [1.807, 2.05) is 6.92 Å². The van der Waals surface area contributed by atoms with Gasteiger partial charge in [-0.05, 0) is 39.3 Å². The van der Waals surface area contributed by atoms with Crippen LogP contribution >= 0.6 is 0 Å². The molecule has 1 N–H and O–H groups in total. The molecule has 0 unspecified atom stereocenters. The summed E-state index contributed by atoms with van der Waals surface area (Å²) in [7, 11) is 4.28. The Morgan fingerprint density at radius 2 is 2.09 bits per heavy atom. The molecule has 0 radical (unpaired) electrons. The Balaban J connectivity index is 1.77. The van der Waals surface area contributed by atoms with Gasteiger partial charge in [-0.15, -0.1) is 0 Å². The molecule has 2 fully saturated rings. The number of hydrogen-bond donors (Lipinski definition) is 1. The molecule has 0 aromatic carbocycles. The Morgan fingerprint density at radius 1 is 1.30 bits per heavy atom. The molecule has 4 atom stereocenters. The number of piperazine rings is 1. The van der Waals surface area contributed by atoms with Crippen LogP contribution in [0.1, 0.15) is 46.0 Å². The van der Waals surface area contributed by atoms with Crippen molar-refractivity contribution in [1.82, 2.24) is 15.1 Å². The fraction of sp³-hybridized carbons (Fsp3) is 0.944. The van der Waals surface area contributed by atoms with Crippen LogP contribution in [0.15, 0.2) is 0 Å². The molecule has 2 aliphatic rings. The van der Waals surface area contributed by atoms with E-state index in [-0.39, 0.29) is 18.1 Å². The second kappa shape index (κ2) is 9.00. The Hall–Kier alpha value is -0.650. The average Bonchev–Trinajstić information content (AvgIpc) is 2.53. The van der Waals surface area contributed by atoms with Crippen molar-refractivity contribution < 1.29 is 9.53 Å². The summed E-state index contributed by atoms with van der Waals surface area (Å²) in [6, 6.07) is 0.393. The lowest BCUT2D eigenvalue weighted by atomic mass is 9.88. The molecule has 134 valence electrons. The maximum atomic E-state index is 12.5. The summed E-state index contributed by atoms with van der Waals surface area (Å²) in [4.78, 5) is 17.2. The first-order valence-electron chi connectivity index (χ1n) is 9.31. The van der Waals surface area contributed by atoms with Crippen LogP contribution in [0.3, 0.4) is 0 Å². The summed E-state index contributed by atoms with van der Waals surface area (Å²) in [5, 5.41) is 3.12. The summed E-state index contributed by atoms with van der Waals surface area (Å²) >= 11 is 0. The van der Waals surface area contributed by atoms with Crippen LogP contribution < -0.4 is 5.32 Å². The van der Waals surface area contributed by atoms with Crippen LogP contribution in [0.5, 0.6) is 0 Å². The first kappa shape index (κ1) is 18.7. The number of hydrogen-bond acceptors (Lipinski definition) is 4. The zero-order valence-electron chi connectivity index (χ0n) is 15.4. The summed E-state index contributed by atoms with van der Waals surface area (Å²) in [6.07, 6.45) is 5.43. The Bertz CT molecular complexity index is 377. The maximum Gasteiger partial charge on any atom is 0.249 e. The van der Waals surface area contributed by atoms with Crippen molar-refractivity contribution in [3.8, 4) is 0 Å².